The maximum Gasteiger partial charge on any atom is 0.256 e. The molecular weight excluding hydrogens is 192 g/mol. The Morgan fingerprint density at radius 3 is 1.93 bits per heavy atom. The molecule has 0 saturated heterocycles. The number of halogens is 2. The monoisotopic (exact) mass is 201 g/mol. The Kier molecular flexibility index (Phi) is 2.38. The maximum atomic E-state index is 12.1. The molecule has 1 aliphatic rings. The van der Waals surface area contributed by atoms with E-state index in [9.17, 15) is 8.96 Å². The van der Waals surface area contributed by atoms with Crippen LogP contribution in [0, 0.1) is 0 Å². The minimum absolute atomic E-state index is 0.206. The van der Waals surface area contributed by atoms with Gasteiger partial charge in [-0.15, -0.1) is 8.96 Å². The number of hydrogen-bond acceptors (Lipinski definition) is 5. The van der Waals surface area contributed by atoms with Crippen LogP contribution in [-0.2, 0) is 0 Å². The summed E-state index contributed by atoms with van der Waals surface area (Å²) >= 11 is 0. The zero-order valence-corrected chi connectivity index (χ0v) is 7.30. The van der Waals surface area contributed by atoms with Crippen molar-refractivity contribution < 1.29 is 8.96 Å². The molecule has 76 valence electrons. The van der Waals surface area contributed by atoms with E-state index in [1.807, 2.05) is 0 Å². The number of aromatic nitrogens is 3. The largest absolute Gasteiger partial charge is 0.256 e. The van der Waals surface area contributed by atoms with Crippen LogP contribution in [0.2, 0.25) is 0 Å². The molecule has 0 atom stereocenters. The Labute approximate surface area is 78.8 Å². The lowest BCUT2D eigenvalue weighted by Crippen LogP contribution is -2.15. The Balaban J connectivity index is 2.28. The van der Waals surface area contributed by atoms with Gasteiger partial charge in [0, 0.05) is 5.92 Å². The topological polar surface area (TPSA) is 62.7 Å². The van der Waals surface area contributed by atoms with Crippen LogP contribution in [0.5, 0.6) is 0 Å². The third-order valence-electron chi connectivity index (χ3n) is 2.29. The number of hydrogen-bond donors (Lipinski definition) is 2. The summed E-state index contributed by atoms with van der Waals surface area (Å²) in [6, 6.07) is 0. The van der Waals surface area contributed by atoms with Gasteiger partial charge in [-0.25, -0.2) is 0 Å². The summed E-state index contributed by atoms with van der Waals surface area (Å²) in [5, 5.41) is 0. The zero-order chi connectivity index (χ0) is 9.97. The molecule has 1 heterocycles. The van der Waals surface area contributed by atoms with Crippen LogP contribution >= 0.6 is 0 Å². The first kappa shape index (κ1) is 9.04. The summed E-state index contributed by atoms with van der Waals surface area (Å²) in [5.74, 6) is 0.118. The highest BCUT2D eigenvalue weighted by atomic mass is 19.2. The number of rotatable bonds is 3. The van der Waals surface area contributed by atoms with E-state index in [1.54, 1.807) is 0 Å². The van der Waals surface area contributed by atoms with Crippen LogP contribution in [0.3, 0.4) is 0 Å². The van der Waals surface area contributed by atoms with E-state index in [2.05, 4.69) is 15.0 Å². The standard InChI is InChI=1S/C7H9F2N5/c8-13-6-10-5(4-2-1-3-4)11-7(12-6)14-9/h4H,1-3H2,(H2,10,11,12,13,14). The second kappa shape index (κ2) is 3.69. The predicted octanol–water partition coefficient (Wildman–Crippen LogP) is 1.73. The number of nitrogens with one attached hydrogen (secondary N) is 2. The molecule has 0 unspecified atom stereocenters. The van der Waals surface area contributed by atoms with Gasteiger partial charge >= 0.3 is 0 Å². The van der Waals surface area contributed by atoms with Crippen molar-refractivity contribution in [1.29, 1.82) is 0 Å². The molecule has 1 saturated carbocycles. The van der Waals surface area contributed by atoms with Gasteiger partial charge in [0.1, 0.15) is 5.82 Å². The molecule has 0 aromatic carbocycles. The van der Waals surface area contributed by atoms with Gasteiger partial charge in [0.05, 0.1) is 0 Å². The molecule has 0 aliphatic heterocycles. The number of nitrogens with zero attached hydrogens (tertiary/aromatic N) is 3. The highest BCUT2D eigenvalue weighted by molar-refractivity contribution is 5.31. The normalized spacial score (nSPS) is 16.1. The van der Waals surface area contributed by atoms with Crippen LogP contribution in [0.1, 0.15) is 31.0 Å². The summed E-state index contributed by atoms with van der Waals surface area (Å²) in [4.78, 5) is 11.0. The van der Waals surface area contributed by atoms with Crippen LogP contribution in [0.25, 0.3) is 0 Å². The molecule has 0 spiro atoms. The summed E-state index contributed by atoms with van der Waals surface area (Å²) in [7, 11) is 0. The van der Waals surface area contributed by atoms with Crippen molar-refractivity contribution in [1.82, 2.24) is 15.0 Å². The van der Waals surface area contributed by atoms with Crippen LogP contribution in [0.15, 0.2) is 0 Å². The first-order valence-corrected chi connectivity index (χ1v) is 4.32. The lowest BCUT2D eigenvalue weighted by molar-refractivity contribution is 0.399. The second-order valence-corrected chi connectivity index (χ2v) is 3.16. The molecule has 0 amide bonds. The zero-order valence-electron chi connectivity index (χ0n) is 7.30. The molecule has 1 fully saturated rings. The average molecular weight is 201 g/mol. The minimum atomic E-state index is -0.262. The third kappa shape index (κ3) is 1.57. The summed E-state index contributed by atoms with van der Waals surface area (Å²) in [6.07, 6.45) is 3.02. The van der Waals surface area contributed by atoms with Gasteiger partial charge in [-0.05, 0) is 12.8 Å². The van der Waals surface area contributed by atoms with E-state index >= 15 is 0 Å². The highest BCUT2D eigenvalue weighted by Gasteiger charge is 2.23. The fourth-order valence-corrected chi connectivity index (χ4v) is 1.33. The SMILES string of the molecule is FNc1nc(NF)nc(C2CCC2)n1. The fourth-order valence-electron chi connectivity index (χ4n) is 1.33. The van der Waals surface area contributed by atoms with Crippen molar-refractivity contribution in [3.05, 3.63) is 5.82 Å². The van der Waals surface area contributed by atoms with Crippen molar-refractivity contribution in [3.63, 3.8) is 0 Å². The van der Waals surface area contributed by atoms with Gasteiger partial charge in [0.25, 0.3) is 11.9 Å². The van der Waals surface area contributed by atoms with Gasteiger partial charge < -0.3 is 0 Å². The minimum Gasteiger partial charge on any atom is -0.195 e. The summed E-state index contributed by atoms with van der Waals surface area (Å²) in [5.41, 5.74) is 2.55. The van der Waals surface area contributed by atoms with Gasteiger partial charge in [0.15, 0.2) is 0 Å². The average Bonchev–Trinajstić information content (AvgIpc) is 2.14. The van der Waals surface area contributed by atoms with E-state index in [0.29, 0.717) is 5.82 Å². The molecule has 0 radical (unpaired) electrons. The van der Waals surface area contributed by atoms with Crippen molar-refractivity contribution in [2.45, 2.75) is 25.2 Å². The Morgan fingerprint density at radius 1 is 1.00 bits per heavy atom. The molecule has 2 N–H and O–H groups in total. The first-order chi connectivity index (χ1) is 6.83. The molecule has 1 aromatic rings. The molecule has 7 heteroatoms. The van der Waals surface area contributed by atoms with E-state index in [1.165, 1.54) is 11.1 Å². The van der Waals surface area contributed by atoms with Crippen molar-refractivity contribution in [3.8, 4) is 0 Å². The predicted molar refractivity (Wildman–Crippen MR) is 45.9 cm³/mol. The van der Waals surface area contributed by atoms with Crippen LogP contribution in [0.4, 0.5) is 20.9 Å². The lowest BCUT2D eigenvalue weighted by atomic mass is 9.85. The molecule has 5 nitrogen and oxygen atoms in total. The molecule has 14 heavy (non-hydrogen) atoms. The van der Waals surface area contributed by atoms with E-state index in [0.717, 1.165) is 19.3 Å². The lowest BCUT2D eigenvalue weighted by Gasteiger charge is -2.23. The molecule has 1 aromatic heterocycles. The highest BCUT2D eigenvalue weighted by Crippen LogP contribution is 2.34. The maximum absolute atomic E-state index is 12.1. The summed E-state index contributed by atoms with van der Waals surface area (Å²) < 4.78 is 24.1. The quantitative estimate of drug-likeness (QED) is 0.729. The summed E-state index contributed by atoms with van der Waals surface area (Å²) in [6.45, 7) is 0. The van der Waals surface area contributed by atoms with Gasteiger partial charge in [-0.1, -0.05) is 6.42 Å². The number of anilines is 2. The molecule has 2 rings (SSSR count). The van der Waals surface area contributed by atoms with Gasteiger partial charge in [0.2, 0.25) is 0 Å². The third-order valence-corrected chi connectivity index (χ3v) is 2.29. The van der Waals surface area contributed by atoms with Crippen molar-refractivity contribution in [2.24, 2.45) is 0 Å². The van der Waals surface area contributed by atoms with E-state index in [-0.39, 0.29) is 17.8 Å². The fraction of sp³-hybridized carbons (Fsp3) is 0.571. The van der Waals surface area contributed by atoms with Crippen molar-refractivity contribution >= 4 is 11.9 Å². The van der Waals surface area contributed by atoms with E-state index < -0.39 is 0 Å². The van der Waals surface area contributed by atoms with Crippen LogP contribution in [-0.4, -0.2) is 15.0 Å². The molecular formula is C7H9F2N5. The van der Waals surface area contributed by atoms with Crippen LogP contribution < -0.4 is 11.1 Å². The Morgan fingerprint density at radius 2 is 1.57 bits per heavy atom. The Bertz CT molecular complexity index is 306. The van der Waals surface area contributed by atoms with Crippen molar-refractivity contribution in [2.75, 3.05) is 11.1 Å². The van der Waals surface area contributed by atoms with E-state index in [4.69, 9.17) is 0 Å². The molecule has 0 bridgehead atoms. The smallest absolute Gasteiger partial charge is 0.195 e. The molecule has 1 aliphatic carbocycles. The Hall–Kier alpha value is -1.53. The second-order valence-electron chi connectivity index (χ2n) is 3.16. The van der Waals surface area contributed by atoms with Gasteiger partial charge in [-0.2, -0.15) is 26.0 Å². The van der Waals surface area contributed by atoms with Gasteiger partial charge in [-0.3, -0.25) is 0 Å². The first-order valence-electron chi connectivity index (χ1n) is 4.32.